The van der Waals surface area contributed by atoms with Gasteiger partial charge in [0, 0.05) is 21.2 Å². The lowest BCUT2D eigenvalue weighted by atomic mass is 10.1. The summed E-state index contributed by atoms with van der Waals surface area (Å²) in [6, 6.07) is 15.4. The molecule has 0 unspecified atom stereocenters. The maximum Gasteiger partial charge on any atom is 0.121 e. The molecule has 0 aliphatic heterocycles. The van der Waals surface area contributed by atoms with E-state index >= 15 is 0 Å². The zero-order valence-electron chi connectivity index (χ0n) is 9.79. The molecule has 0 spiro atoms. The molecule has 0 nitrogen and oxygen atoms in total. The van der Waals surface area contributed by atoms with E-state index < -0.39 is 4.84 Å². The van der Waals surface area contributed by atoms with Crippen LogP contribution in [0.25, 0.3) is 11.1 Å². The van der Waals surface area contributed by atoms with Crippen molar-refractivity contribution in [1.82, 2.24) is 0 Å². The standard InChI is InChI=1S/C12H8Cl2.C2H3Cl3/c13-11-7-3-1-5-9(11)10-6-2-4-8-12(10)14;3-1-2(4)5/h1-8H;2H,1H2. The number of halogens is 5. The van der Waals surface area contributed by atoms with Gasteiger partial charge in [0.15, 0.2) is 0 Å². The molecule has 2 aromatic carbocycles. The number of hydrogen-bond acceptors (Lipinski definition) is 0. The van der Waals surface area contributed by atoms with Crippen LogP contribution in [0.5, 0.6) is 0 Å². The minimum atomic E-state index is -0.406. The lowest BCUT2D eigenvalue weighted by Crippen LogP contribution is -1.82. The van der Waals surface area contributed by atoms with E-state index in [9.17, 15) is 0 Å². The van der Waals surface area contributed by atoms with Gasteiger partial charge < -0.3 is 0 Å². The summed E-state index contributed by atoms with van der Waals surface area (Å²) in [5.74, 6) is 0.309. The van der Waals surface area contributed by atoms with Gasteiger partial charge in [-0.25, -0.2) is 0 Å². The number of hydrogen-bond donors (Lipinski definition) is 0. The quantitative estimate of drug-likeness (QED) is 0.526. The predicted molar refractivity (Wildman–Crippen MR) is 88.1 cm³/mol. The van der Waals surface area contributed by atoms with E-state index in [1.807, 2.05) is 48.5 Å². The molecule has 0 N–H and O–H groups in total. The van der Waals surface area contributed by atoms with E-state index in [1.165, 1.54) is 0 Å². The average Bonchev–Trinajstić information content (AvgIpc) is 2.41. The van der Waals surface area contributed by atoms with Crippen molar-refractivity contribution >= 4 is 58.0 Å². The minimum absolute atomic E-state index is 0.309. The Labute approximate surface area is 138 Å². The highest BCUT2D eigenvalue weighted by Crippen LogP contribution is 2.32. The molecule has 0 aromatic heterocycles. The smallest absolute Gasteiger partial charge is 0.121 e. The lowest BCUT2D eigenvalue weighted by molar-refractivity contribution is 1.40. The van der Waals surface area contributed by atoms with E-state index in [0.29, 0.717) is 5.88 Å². The largest absolute Gasteiger partial charge is 0.124 e. The fraction of sp³-hybridized carbons (Fsp3) is 0.143. The maximum absolute atomic E-state index is 6.07. The van der Waals surface area contributed by atoms with Crippen molar-refractivity contribution in [2.24, 2.45) is 0 Å². The first kappa shape index (κ1) is 16.9. The van der Waals surface area contributed by atoms with Crippen LogP contribution in [0.15, 0.2) is 48.5 Å². The molecule has 0 aliphatic carbocycles. The second-order valence-corrected chi connectivity index (χ2v) is 5.91. The van der Waals surface area contributed by atoms with Crippen LogP contribution >= 0.6 is 58.0 Å². The van der Waals surface area contributed by atoms with Gasteiger partial charge in [-0.1, -0.05) is 59.6 Å². The van der Waals surface area contributed by atoms with Gasteiger partial charge in [0.2, 0.25) is 0 Å². The van der Waals surface area contributed by atoms with Gasteiger partial charge in [-0.2, -0.15) is 0 Å². The van der Waals surface area contributed by atoms with Crippen molar-refractivity contribution in [3.8, 4) is 11.1 Å². The Hall–Kier alpha value is -0.110. The van der Waals surface area contributed by atoms with Crippen LogP contribution in [-0.4, -0.2) is 10.7 Å². The number of rotatable bonds is 2. The molecule has 0 bridgehead atoms. The summed E-state index contributed by atoms with van der Waals surface area (Å²) in [5, 5.41) is 1.45. The van der Waals surface area contributed by atoms with Crippen LogP contribution in [0.1, 0.15) is 0 Å². The molecule has 19 heavy (non-hydrogen) atoms. The normalized spacial score (nSPS) is 10.0. The summed E-state index contributed by atoms with van der Waals surface area (Å²) in [7, 11) is 0. The third-order valence-corrected chi connectivity index (χ3v) is 3.75. The Balaban J connectivity index is 0.000000312. The summed E-state index contributed by atoms with van der Waals surface area (Å²) in [6.07, 6.45) is 0. The summed E-state index contributed by atoms with van der Waals surface area (Å²) in [4.78, 5) is -0.406. The molecule has 5 heteroatoms. The molecule has 102 valence electrons. The zero-order valence-corrected chi connectivity index (χ0v) is 13.6. The molecule has 0 saturated heterocycles. The van der Waals surface area contributed by atoms with Crippen LogP contribution in [0.2, 0.25) is 10.0 Å². The Morgan fingerprint density at radius 2 is 1.05 bits per heavy atom. The number of alkyl halides is 3. The molecule has 0 saturated carbocycles. The third-order valence-electron chi connectivity index (χ3n) is 2.15. The Morgan fingerprint density at radius 1 is 0.737 bits per heavy atom. The second-order valence-electron chi connectivity index (χ2n) is 3.51. The van der Waals surface area contributed by atoms with E-state index in [0.717, 1.165) is 21.2 Å². The van der Waals surface area contributed by atoms with Crippen LogP contribution < -0.4 is 0 Å². The summed E-state index contributed by atoms with van der Waals surface area (Å²) in [5.41, 5.74) is 1.94. The van der Waals surface area contributed by atoms with Crippen molar-refractivity contribution in [2.45, 2.75) is 4.84 Å². The van der Waals surface area contributed by atoms with Gasteiger partial charge in [-0.3, -0.25) is 0 Å². The van der Waals surface area contributed by atoms with Crippen molar-refractivity contribution in [1.29, 1.82) is 0 Å². The van der Waals surface area contributed by atoms with Crippen LogP contribution in [0, 0.1) is 0 Å². The van der Waals surface area contributed by atoms with E-state index in [-0.39, 0.29) is 0 Å². The molecule has 0 radical (unpaired) electrons. The fourth-order valence-corrected chi connectivity index (χ4v) is 1.83. The molecular weight excluding hydrogens is 345 g/mol. The fourth-order valence-electron chi connectivity index (χ4n) is 1.36. The molecule has 0 atom stereocenters. The highest BCUT2D eigenvalue weighted by atomic mass is 35.5. The van der Waals surface area contributed by atoms with Gasteiger partial charge in [0.25, 0.3) is 0 Å². The molecule has 0 heterocycles. The molecule has 2 aromatic rings. The first-order valence-electron chi connectivity index (χ1n) is 5.39. The molecular formula is C14H11Cl5. The number of benzene rings is 2. The summed E-state index contributed by atoms with van der Waals surface area (Å²) in [6.45, 7) is 0. The monoisotopic (exact) mass is 354 g/mol. The molecule has 2 rings (SSSR count). The first-order chi connectivity index (χ1) is 9.06. The predicted octanol–water partition coefficient (Wildman–Crippen LogP) is 6.69. The summed E-state index contributed by atoms with van der Waals surface area (Å²) >= 11 is 27.4. The topological polar surface area (TPSA) is 0 Å². The average molecular weight is 357 g/mol. The van der Waals surface area contributed by atoms with E-state index in [4.69, 9.17) is 58.0 Å². The van der Waals surface area contributed by atoms with E-state index in [1.54, 1.807) is 0 Å². The van der Waals surface area contributed by atoms with Gasteiger partial charge in [0.05, 0.1) is 5.88 Å². The highest BCUT2D eigenvalue weighted by Gasteiger charge is 2.05. The van der Waals surface area contributed by atoms with Crippen LogP contribution in [0.3, 0.4) is 0 Å². The first-order valence-corrected chi connectivity index (χ1v) is 7.56. The van der Waals surface area contributed by atoms with Crippen LogP contribution in [0.4, 0.5) is 0 Å². The second kappa shape index (κ2) is 8.94. The van der Waals surface area contributed by atoms with Gasteiger partial charge in [-0.15, -0.1) is 34.8 Å². The Kier molecular flexibility index (Phi) is 7.97. The lowest BCUT2D eigenvalue weighted by Gasteiger charge is -2.05. The minimum Gasteiger partial charge on any atom is -0.124 e. The summed E-state index contributed by atoms with van der Waals surface area (Å²) < 4.78 is 0. The molecule has 0 fully saturated rings. The third kappa shape index (κ3) is 5.81. The highest BCUT2D eigenvalue weighted by molar-refractivity contribution is 6.47. The zero-order chi connectivity index (χ0) is 14.3. The SMILES string of the molecule is ClCC(Cl)Cl.Clc1ccccc1-c1ccccc1Cl. The molecule has 0 amide bonds. The van der Waals surface area contributed by atoms with Gasteiger partial charge in [0.1, 0.15) is 4.84 Å². The van der Waals surface area contributed by atoms with Gasteiger partial charge >= 0.3 is 0 Å². The van der Waals surface area contributed by atoms with Crippen molar-refractivity contribution < 1.29 is 0 Å². The van der Waals surface area contributed by atoms with Crippen molar-refractivity contribution in [3.05, 3.63) is 58.6 Å². The molecule has 0 aliphatic rings. The Morgan fingerprint density at radius 3 is 1.32 bits per heavy atom. The Bertz CT molecular complexity index is 467. The van der Waals surface area contributed by atoms with Crippen molar-refractivity contribution in [2.75, 3.05) is 5.88 Å². The van der Waals surface area contributed by atoms with Crippen LogP contribution in [-0.2, 0) is 0 Å². The van der Waals surface area contributed by atoms with E-state index in [2.05, 4.69) is 0 Å². The maximum atomic E-state index is 6.07. The van der Waals surface area contributed by atoms with Crippen molar-refractivity contribution in [3.63, 3.8) is 0 Å². The van der Waals surface area contributed by atoms with Gasteiger partial charge in [-0.05, 0) is 12.1 Å².